The van der Waals surface area contributed by atoms with Crippen LogP contribution in [0.15, 0.2) is 12.5 Å². The zero-order chi connectivity index (χ0) is 18.5. The minimum absolute atomic E-state index is 0.0297. The van der Waals surface area contributed by atoms with Crippen molar-refractivity contribution in [3.05, 3.63) is 18.1 Å². The molecule has 1 aliphatic heterocycles. The van der Waals surface area contributed by atoms with E-state index in [0.29, 0.717) is 11.7 Å². The molecule has 1 fully saturated rings. The largest absolute Gasteiger partial charge is 0.383 e. The molecule has 0 saturated carbocycles. The van der Waals surface area contributed by atoms with E-state index in [1.54, 1.807) is 0 Å². The molecule has 3 rings (SSSR count). The van der Waals surface area contributed by atoms with Crippen molar-refractivity contribution in [3.8, 4) is 24.2 Å². The van der Waals surface area contributed by atoms with Gasteiger partial charge in [-0.15, -0.1) is 12.3 Å². The van der Waals surface area contributed by atoms with Gasteiger partial charge in [0, 0.05) is 19.0 Å². The van der Waals surface area contributed by atoms with E-state index in [9.17, 15) is 0 Å². The molecule has 0 aliphatic carbocycles. The fourth-order valence-electron chi connectivity index (χ4n) is 3.56. The second kappa shape index (κ2) is 8.25. The molecule has 0 amide bonds. The first-order valence-electron chi connectivity index (χ1n) is 9.34. The lowest BCUT2D eigenvalue weighted by molar-refractivity contribution is -0.00277. The van der Waals surface area contributed by atoms with Crippen LogP contribution in [0.2, 0.25) is 0 Å². The Bertz CT molecular complexity index is 868. The van der Waals surface area contributed by atoms with Crippen molar-refractivity contribution in [2.75, 3.05) is 5.73 Å². The lowest BCUT2D eigenvalue weighted by Crippen LogP contribution is -2.12. The maximum atomic E-state index is 6.23. The predicted molar refractivity (Wildman–Crippen MR) is 104 cm³/mol. The molecule has 2 aromatic heterocycles. The van der Waals surface area contributed by atoms with Gasteiger partial charge in [0.05, 0.1) is 17.1 Å². The molecule has 0 unspecified atom stereocenters. The summed E-state index contributed by atoms with van der Waals surface area (Å²) < 4.78 is 8.31. The highest BCUT2D eigenvalue weighted by Crippen LogP contribution is 2.37. The number of ether oxygens (including phenoxy) is 1. The quantitative estimate of drug-likeness (QED) is 0.656. The van der Waals surface area contributed by atoms with Gasteiger partial charge in [0.1, 0.15) is 24.0 Å². The fourth-order valence-corrected chi connectivity index (χ4v) is 3.56. The second-order valence-electron chi connectivity index (χ2n) is 6.87. The molecule has 0 radical (unpaired) electrons. The third-order valence-electron chi connectivity index (χ3n) is 4.99. The van der Waals surface area contributed by atoms with E-state index in [1.165, 1.54) is 6.33 Å². The predicted octanol–water partition coefficient (Wildman–Crippen LogP) is 3.89. The zero-order valence-electron chi connectivity index (χ0n) is 15.5. The van der Waals surface area contributed by atoms with Crippen LogP contribution in [0.5, 0.6) is 0 Å². The fraction of sp³-hybridized carbons (Fsp3) is 0.524. The number of fused-ring (bicyclic) bond motifs is 1. The Balaban J connectivity index is 1.88. The van der Waals surface area contributed by atoms with Crippen molar-refractivity contribution in [3.63, 3.8) is 0 Å². The first-order chi connectivity index (χ1) is 12.7. The van der Waals surface area contributed by atoms with Crippen molar-refractivity contribution in [2.24, 2.45) is 5.92 Å². The Hall–Kier alpha value is -2.50. The highest BCUT2D eigenvalue weighted by atomic mass is 16.5. The standard InChI is InChI=1S/C21H26N4O/c1-4-6-7-8-9-10-11-16-13-25(18-12-15(3)17(5-2)26-18)21-19(16)20(22)23-14-24-21/h1,13-15,17-18H,5-9,12H2,2-3H3,(H2,22,23,24)/t15-,17-,18-/m1/s1. The van der Waals surface area contributed by atoms with E-state index in [1.807, 2.05) is 6.20 Å². The van der Waals surface area contributed by atoms with Crippen LogP contribution in [0.25, 0.3) is 11.0 Å². The molecule has 1 aliphatic rings. The average molecular weight is 350 g/mol. The van der Waals surface area contributed by atoms with Gasteiger partial charge < -0.3 is 15.0 Å². The van der Waals surface area contributed by atoms with Crippen molar-refractivity contribution in [1.82, 2.24) is 14.5 Å². The number of hydrogen-bond acceptors (Lipinski definition) is 4. The van der Waals surface area contributed by atoms with Gasteiger partial charge in [-0.25, -0.2) is 9.97 Å². The van der Waals surface area contributed by atoms with Crippen LogP contribution >= 0.6 is 0 Å². The van der Waals surface area contributed by atoms with E-state index in [-0.39, 0.29) is 12.3 Å². The van der Waals surface area contributed by atoms with Crippen molar-refractivity contribution in [2.45, 2.75) is 64.7 Å². The Kier molecular flexibility index (Phi) is 5.81. The lowest BCUT2D eigenvalue weighted by atomic mass is 10.0. The van der Waals surface area contributed by atoms with Gasteiger partial charge >= 0.3 is 0 Å². The molecule has 5 heteroatoms. The van der Waals surface area contributed by atoms with Crippen LogP contribution in [0.3, 0.4) is 0 Å². The van der Waals surface area contributed by atoms with E-state index in [2.05, 4.69) is 46.1 Å². The molecule has 0 aromatic carbocycles. The molecule has 0 bridgehead atoms. The second-order valence-corrected chi connectivity index (χ2v) is 6.87. The summed E-state index contributed by atoms with van der Waals surface area (Å²) in [5, 5.41) is 0.819. The first-order valence-corrected chi connectivity index (χ1v) is 9.34. The number of nitrogen functional groups attached to an aromatic ring is 1. The summed E-state index contributed by atoms with van der Waals surface area (Å²) in [6.07, 6.45) is 14.6. The molecular formula is C21H26N4O. The summed E-state index contributed by atoms with van der Waals surface area (Å²) in [5.41, 5.74) is 7.79. The molecule has 0 spiro atoms. The van der Waals surface area contributed by atoms with Crippen molar-refractivity contribution >= 4 is 16.9 Å². The summed E-state index contributed by atoms with van der Waals surface area (Å²) >= 11 is 0. The molecule has 3 heterocycles. The number of terminal acetylenes is 1. The van der Waals surface area contributed by atoms with Crippen molar-refractivity contribution in [1.29, 1.82) is 0 Å². The molecule has 2 aromatic rings. The maximum absolute atomic E-state index is 6.23. The smallest absolute Gasteiger partial charge is 0.148 e. The Morgan fingerprint density at radius 1 is 1.35 bits per heavy atom. The minimum atomic E-state index is -0.0297. The minimum Gasteiger partial charge on any atom is -0.383 e. The van der Waals surface area contributed by atoms with E-state index < -0.39 is 0 Å². The number of hydrogen-bond donors (Lipinski definition) is 1. The van der Waals surface area contributed by atoms with Crippen LogP contribution < -0.4 is 5.73 Å². The highest BCUT2D eigenvalue weighted by Gasteiger charge is 2.33. The first kappa shape index (κ1) is 18.3. The summed E-state index contributed by atoms with van der Waals surface area (Å²) in [6, 6.07) is 0. The van der Waals surface area contributed by atoms with E-state index >= 15 is 0 Å². The van der Waals surface area contributed by atoms with Gasteiger partial charge in [-0.2, -0.15) is 0 Å². The van der Waals surface area contributed by atoms with E-state index in [4.69, 9.17) is 16.9 Å². The number of aromatic nitrogens is 3. The highest BCUT2D eigenvalue weighted by molar-refractivity contribution is 5.92. The van der Waals surface area contributed by atoms with Crippen LogP contribution in [0, 0.1) is 30.1 Å². The third kappa shape index (κ3) is 3.69. The Morgan fingerprint density at radius 2 is 2.15 bits per heavy atom. The number of rotatable bonds is 5. The van der Waals surface area contributed by atoms with Gasteiger partial charge in [-0.3, -0.25) is 0 Å². The zero-order valence-corrected chi connectivity index (χ0v) is 15.5. The molecule has 2 N–H and O–H groups in total. The maximum Gasteiger partial charge on any atom is 0.148 e. The Morgan fingerprint density at radius 3 is 2.88 bits per heavy atom. The van der Waals surface area contributed by atoms with Crippen molar-refractivity contribution < 1.29 is 4.74 Å². The molecule has 136 valence electrons. The van der Waals surface area contributed by atoms with Crippen LogP contribution in [0.4, 0.5) is 5.82 Å². The summed E-state index contributed by atoms with van der Waals surface area (Å²) in [4.78, 5) is 8.60. The number of unbranched alkanes of at least 4 members (excludes halogenated alkanes) is 3. The number of nitrogens with zero attached hydrogens (tertiary/aromatic N) is 3. The summed E-state index contributed by atoms with van der Waals surface area (Å²) in [5.74, 6) is 10.1. The van der Waals surface area contributed by atoms with E-state index in [0.717, 1.165) is 55.1 Å². The number of anilines is 1. The monoisotopic (exact) mass is 350 g/mol. The number of nitrogens with two attached hydrogens (primary N) is 1. The topological polar surface area (TPSA) is 66.0 Å². The van der Waals surface area contributed by atoms with Crippen LogP contribution in [0.1, 0.15) is 64.2 Å². The molecule has 26 heavy (non-hydrogen) atoms. The third-order valence-corrected chi connectivity index (χ3v) is 4.99. The SMILES string of the molecule is C#CCCCCC#Cc1cn([C@H]2C[C@@H](C)[C@@H](CC)O2)c2ncnc(N)c12. The normalized spacial score (nSPS) is 22.1. The van der Waals surface area contributed by atoms with Crippen LogP contribution in [-0.4, -0.2) is 20.6 Å². The summed E-state index contributed by atoms with van der Waals surface area (Å²) in [6.45, 7) is 4.40. The molecule has 3 atom stereocenters. The van der Waals surface area contributed by atoms with Crippen LogP contribution in [-0.2, 0) is 4.74 Å². The molecular weight excluding hydrogens is 324 g/mol. The lowest BCUT2D eigenvalue weighted by Gasteiger charge is -2.15. The van der Waals surface area contributed by atoms with Gasteiger partial charge in [-0.1, -0.05) is 25.7 Å². The summed E-state index contributed by atoms with van der Waals surface area (Å²) in [7, 11) is 0. The Labute approximate surface area is 155 Å². The van der Waals surface area contributed by atoms with Gasteiger partial charge in [0.2, 0.25) is 0 Å². The molecule has 1 saturated heterocycles. The van der Waals surface area contributed by atoms with Gasteiger partial charge in [-0.05, 0) is 31.6 Å². The average Bonchev–Trinajstić information content (AvgIpc) is 3.19. The van der Waals surface area contributed by atoms with Gasteiger partial charge in [0.25, 0.3) is 0 Å². The van der Waals surface area contributed by atoms with Gasteiger partial charge in [0.15, 0.2) is 0 Å². The molecule has 5 nitrogen and oxygen atoms in total.